The molecule has 0 radical (unpaired) electrons. The van der Waals surface area contributed by atoms with E-state index in [9.17, 15) is 4.79 Å². The maximum atomic E-state index is 10.7. The Morgan fingerprint density at radius 1 is 1.35 bits per heavy atom. The number of aromatic nitrogens is 2. The van der Waals surface area contributed by atoms with Crippen LogP contribution in [0.4, 0.5) is 5.82 Å². The molecule has 1 aromatic heterocycles. The molecule has 0 aromatic carbocycles. The number of aromatic carboxylic acids is 1. The van der Waals surface area contributed by atoms with Gasteiger partial charge in [-0.25, -0.2) is 14.8 Å². The minimum absolute atomic E-state index is 0.00350. The van der Waals surface area contributed by atoms with Gasteiger partial charge in [0, 0.05) is 12.6 Å². The Labute approximate surface area is 100 Å². The minimum atomic E-state index is -1.03. The van der Waals surface area contributed by atoms with Gasteiger partial charge in [0.05, 0.1) is 12.4 Å². The first kappa shape index (κ1) is 11.8. The fraction of sp³-hybridized carbons (Fsp3) is 0.583. The van der Waals surface area contributed by atoms with Crippen LogP contribution in [0.1, 0.15) is 43.1 Å². The fourth-order valence-corrected chi connectivity index (χ4v) is 2.20. The second-order valence-electron chi connectivity index (χ2n) is 4.46. The Kier molecular flexibility index (Phi) is 3.56. The van der Waals surface area contributed by atoms with E-state index in [2.05, 4.69) is 21.8 Å². The molecule has 1 unspecified atom stereocenters. The second-order valence-corrected chi connectivity index (χ2v) is 4.46. The van der Waals surface area contributed by atoms with E-state index in [1.165, 1.54) is 19.0 Å². The zero-order valence-electron chi connectivity index (χ0n) is 9.96. The number of carbonyl (C=O) groups is 1. The molecule has 0 spiro atoms. The molecule has 5 nitrogen and oxygen atoms in total. The first-order chi connectivity index (χ1) is 8.18. The van der Waals surface area contributed by atoms with Crippen LogP contribution in [0.25, 0.3) is 0 Å². The van der Waals surface area contributed by atoms with Crippen molar-refractivity contribution < 1.29 is 9.90 Å². The highest BCUT2D eigenvalue weighted by Crippen LogP contribution is 2.21. The Balaban J connectivity index is 2.17. The quantitative estimate of drug-likeness (QED) is 0.848. The van der Waals surface area contributed by atoms with Crippen molar-refractivity contribution in [1.82, 2.24) is 9.97 Å². The van der Waals surface area contributed by atoms with Crippen LogP contribution in [0.5, 0.6) is 0 Å². The van der Waals surface area contributed by atoms with E-state index in [0.29, 0.717) is 6.04 Å². The van der Waals surface area contributed by atoms with E-state index in [-0.39, 0.29) is 5.69 Å². The summed E-state index contributed by atoms with van der Waals surface area (Å²) in [5.74, 6) is -0.252. The van der Waals surface area contributed by atoms with Gasteiger partial charge in [0.15, 0.2) is 5.69 Å². The summed E-state index contributed by atoms with van der Waals surface area (Å²) in [5.41, 5.74) is -0.00350. The maximum Gasteiger partial charge on any atom is 0.356 e. The highest BCUT2D eigenvalue weighted by molar-refractivity contribution is 5.84. The number of hydrogen-bond donors (Lipinski definition) is 1. The van der Waals surface area contributed by atoms with Crippen molar-refractivity contribution in [3.8, 4) is 0 Å². The lowest BCUT2D eigenvalue weighted by Crippen LogP contribution is -2.33. The molecular formula is C12H17N3O2. The number of nitrogens with zero attached hydrogens (tertiary/aromatic N) is 3. The minimum Gasteiger partial charge on any atom is -0.476 e. The van der Waals surface area contributed by atoms with Crippen LogP contribution in [0.3, 0.4) is 0 Å². The molecule has 0 saturated carbocycles. The van der Waals surface area contributed by atoms with E-state index >= 15 is 0 Å². The van der Waals surface area contributed by atoms with E-state index in [1.807, 2.05) is 0 Å². The summed E-state index contributed by atoms with van der Waals surface area (Å²) in [4.78, 5) is 21.0. The van der Waals surface area contributed by atoms with Gasteiger partial charge in [0.1, 0.15) is 5.82 Å². The van der Waals surface area contributed by atoms with Gasteiger partial charge >= 0.3 is 5.97 Å². The highest BCUT2D eigenvalue weighted by Gasteiger charge is 2.18. The van der Waals surface area contributed by atoms with Crippen molar-refractivity contribution in [3.63, 3.8) is 0 Å². The Bertz CT molecular complexity index is 391. The summed E-state index contributed by atoms with van der Waals surface area (Å²) in [6.45, 7) is 3.15. The molecule has 92 valence electrons. The fourth-order valence-electron chi connectivity index (χ4n) is 2.20. The molecule has 1 aliphatic rings. The normalized spacial score (nSPS) is 21.0. The summed E-state index contributed by atoms with van der Waals surface area (Å²) in [6, 6.07) is 0.447. The molecule has 1 aromatic rings. The first-order valence-corrected chi connectivity index (χ1v) is 6.00. The summed E-state index contributed by atoms with van der Waals surface area (Å²) in [6.07, 6.45) is 7.70. The molecule has 1 N–H and O–H groups in total. The van der Waals surface area contributed by atoms with Crippen molar-refractivity contribution >= 4 is 11.8 Å². The number of carboxylic acids is 1. The Morgan fingerprint density at radius 3 is 2.82 bits per heavy atom. The van der Waals surface area contributed by atoms with Gasteiger partial charge in [0.2, 0.25) is 0 Å². The number of hydrogen-bond acceptors (Lipinski definition) is 4. The highest BCUT2D eigenvalue weighted by atomic mass is 16.4. The SMILES string of the molecule is CC1CCCCCN1c1cnc(C(=O)O)cn1. The third-order valence-electron chi connectivity index (χ3n) is 3.20. The van der Waals surface area contributed by atoms with E-state index in [0.717, 1.165) is 25.2 Å². The van der Waals surface area contributed by atoms with Gasteiger partial charge < -0.3 is 10.0 Å². The van der Waals surface area contributed by atoms with Gasteiger partial charge in [-0.3, -0.25) is 0 Å². The van der Waals surface area contributed by atoms with Crippen LogP contribution in [0, 0.1) is 0 Å². The maximum absolute atomic E-state index is 10.7. The molecule has 0 amide bonds. The lowest BCUT2D eigenvalue weighted by Gasteiger charge is -2.27. The monoisotopic (exact) mass is 235 g/mol. The number of anilines is 1. The average Bonchev–Trinajstić information content (AvgIpc) is 2.54. The molecule has 2 heterocycles. The third kappa shape index (κ3) is 2.72. The molecule has 1 fully saturated rings. The lowest BCUT2D eigenvalue weighted by atomic mass is 10.1. The van der Waals surface area contributed by atoms with Crippen LogP contribution < -0.4 is 4.90 Å². The zero-order valence-corrected chi connectivity index (χ0v) is 9.96. The standard InChI is InChI=1S/C12H17N3O2/c1-9-5-3-2-4-6-15(9)11-8-13-10(7-14-11)12(16)17/h7-9H,2-6H2,1H3,(H,16,17). The van der Waals surface area contributed by atoms with Crippen LogP contribution in [0.15, 0.2) is 12.4 Å². The van der Waals surface area contributed by atoms with E-state index in [4.69, 9.17) is 5.11 Å². The predicted octanol–water partition coefficient (Wildman–Crippen LogP) is 1.94. The van der Waals surface area contributed by atoms with Crippen molar-refractivity contribution in [2.24, 2.45) is 0 Å². The van der Waals surface area contributed by atoms with Crippen LogP contribution in [0.2, 0.25) is 0 Å². The van der Waals surface area contributed by atoms with Gasteiger partial charge in [-0.05, 0) is 19.8 Å². The number of rotatable bonds is 2. The predicted molar refractivity (Wildman–Crippen MR) is 64.3 cm³/mol. The van der Waals surface area contributed by atoms with Crippen molar-refractivity contribution in [2.45, 2.75) is 38.6 Å². The van der Waals surface area contributed by atoms with Gasteiger partial charge in [-0.15, -0.1) is 0 Å². The molecule has 17 heavy (non-hydrogen) atoms. The summed E-state index contributed by atoms with van der Waals surface area (Å²) >= 11 is 0. The molecule has 0 aliphatic carbocycles. The van der Waals surface area contributed by atoms with Gasteiger partial charge in [-0.2, -0.15) is 0 Å². The average molecular weight is 235 g/mol. The van der Waals surface area contributed by atoms with Crippen molar-refractivity contribution in [3.05, 3.63) is 18.1 Å². The molecule has 0 bridgehead atoms. The summed E-state index contributed by atoms with van der Waals surface area (Å²) in [5, 5.41) is 8.77. The summed E-state index contributed by atoms with van der Waals surface area (Å²) in [7, 11) is 0. The van der Waals surface area contributed by atoms with Gasteiger partial charge in [0.25, 0.3) is 0 Å². The van der Waals surface area contributed by atoms with Crippen LogP contribution >= 0.6 is 0 Å². The molecule has 5 heteroatoms. The summed E-state index contributed by atoms with van der Waals surface area (Å²) < 4.78 is 0. The van der Waals surface area contributed by atoms with Crippen LogP contribution in [-0.4, -0.2) is 33.6 Å². The Morgan fingerprint density at radius 2 is 2.18 bits per heavy atom. The molecule has 1 aliphatic heterocycles. The van der Waals surface area contributed by atoms with Gasteiger partial charge in [-0.1, -0.05) is 12.8 Å². The molecule has 2 rings (SSSR count). The van der Waals surface area contributed by atoms with Crippen molar-refractivity contribution in [2.75, 3.05) is 11.4 Å². The smallest absolute Gasteiger partial charge is 0.356 e. The molecular weight excluding hydrogens is 218 g/mol. The lowest BCUT2D eigenvalue weighted by molar-refractivity contribution is 0.0690. The zero-order chi connectivity index (χ0) is 12.3. The molecule has 1 saturated heterocycles. The first-order valence-electron chi connectivity index (χ1n) is 6.00. The third-order valence-corrected chi connectivity index (χ3v) is 3.20. The Hall–Kier alpha value is -1.65. The van der Waals surface area contributed by atoms with Crippen LogP contribution in [-0.2, 0) is 0 Å². The number of carboxylic acid groups (broad SMARTS) is 1. The molecule has 1 atom stereocenters. The largest absolute Gasteiger partial charge is 0.476 e. The van der Waals surface area contributed by atoms with E-state index < -0.39 is 5.97 Å². The topological polar surface area (TPSA) is 66.3 Å². The van der Waals surface area contributed by atoms with E-state index in [1.54, 1.807) is 6.20 Å². The second kappa shape index (κ2) is 5.12. The van der Waals surface area contributed by atoms with Crippen molar-refractivity contribution in [1.29, 1.82) is 0 Å².